The molecule has 0 unspecified atom stereocenters. The number of nitrogens with zero attached hydrogens (tertiary/aromatic N) is 4. The van der Waals surface area contributed by atoms with Crippen molar-refractivity contribution in [1.82, 2.24) is 9.88 Å². The van der Waals surface area contributed by atoms with E-state index in [9.17, 15) is 0 Å². The summed E-state index contributed by atoms with van der Waals surface area (Å²) in [6, 6.07) is 8.09. The first-order valence-electron chi connectivity index (χ1n) is 9.70. The summed E-state index contributed by atoms with van der Waals surface area (Å²) in [5.41, 5.74) is 7.44. The van der Waals surface area contributed by atoms with Gasteiger partial charge in [0, 0.05) is 61.4 Å². The molecule has 0 atom stereocenters. The first-order valence-corrected chi connectivity index (χ1v) is 11.0. The van der Waals surface area contributed by atoms with Gasteiger partial charge in [-0.2, -0.15) is 0 Å². The van der Waals surface area contributed by atoms with Crippen LogP contribution in [-0.4, -0.2) is 61.8 Å². The predicted molar refractivity (Wildman–Crippen MR) is 131 cm³/mol. The molecule has 2 aromatic rings. The molecule has 2 saturated heterocycles. The van der Waals surface area contributed by atoms with Gasteiger partial charge in [-0.05, 0) is 24.5 Å². The van der Waals surface area contributed by atoms with E-state index in [1.807, 2.05) is 29.8 Å². The van der Waals surface area contributed by atoms with E-state index in [0.29, 0.717) is 12.5 Å². The molecule has 1 aromatic heterocycles. The van der Waals surface area contributed by atoms with Gasteiger partial charge in [0.25, 0.3) is 0 Å². The van der Waals surface area contributed by atoms with E-state index in [-0.39, 0.29) is 29.4 Å². The quantitative estimate of drug-likeness (QED) is 0.360. The van der Waals surface area contributed by atoms with Crippen LogP contribution in [0.15, 0.2) is 40.8 Å². The standard InChI is InChI=1S/C20H26ClN5OS.HI/c21-17-4-2-1-3-16(17)20(5-12-27-13-6-20)15-24-18(22)25-8-10-26(11-9-25)19-23-7-14-28-19;/h1-4,7,14H,5-6,8-13,15H2,(H2,22,24);1H. The number of aliphatic imine (C=N–C) groups is 1. The maximum absolute atomic E-state index is 6.53. The van der Waals surface area contributed by atoms with Crippen molar-refractivity contribution >= 4 is 58.0 Å². The Kier molecular flexibility index (Phi) is 8.00. The third-order valence-electron chi connectivity index (χ3n) is 5.73. The van der Waals surface area contributed by atoms with Crippen LogP contribution in [0.3, 0.4) is 0 Å². The number of rotatable bonds is 4. The molecule has 3 heterocycles. The number of hydrogen-bond donors (Lipinski definition) is 1. The molecule has 1 aromatic carbocycles. The lowest BCUT2D eigenvalue weighted by molar-refractivity contribution is 0.0530. The number of anilines is 1. The Morgan fingerprint density at radius 2 is 1.93 bits per heavy atom. The number of hydrogen-bond acceptors (Lipinski definition) is 5. The molecule has 2 fully saturated rings. The topological polar surface area (TPSA) is 67.0 Å². The van der Waals surface area contributed by atoms with Crippen LogP contribution in [0.2, 0.25) is 5.02 Å². The summed E-state index contributed by atoms with van der Waals surface area (Å²) in [5.74, 6) is 0.622. The van der Waals surface area contributed by atoms with Crippen molar-refractivity contribution < 1.29 is 4.74 Å². The second-order valence-electron chi connectivity index (χ2n) is 7.34. The molecule has 0 radical (unpaired) electrons. The van der Waals surface area contributed by atoms with E-state index in [4.69, 9.17) is 27.1 Å². The average Bonchev–Trinajstić information content (AvgIpc) is 3.28. The van der Waals surface area contributed by atoms with Crippen molar-refractivity contribution in [3.05, 3.63) is 46.4 Å². The fraction of sp³-hybridized carbons (Fsp3) is 0.500. The summed E-state index contributed by atoms with van der Waals surface area (Å²) < 4.78 is 5.61. The van der Waals surface area contributed by atoms with Gasteiger partial charge in [0.15, 0.2) is 11.1 Å². The van der Waals surface area contributed by atoms with Gasteiger partial charge in [0.05, 0.1) is 6.54 Å². The van der Waals surface area contributed by atoms with Gasteiger partial charge >= 0.3 is 0 Å². The molecule has 158 valence electrons. The Balaban J connectivity index is 0.00000240. The van der Waals surface area contributed by atoms with Crippen molar-refractivity contribution in [2.45, 2.75) is 18.3 Å². The first-order chi connectivity index (χ1) is 13.7. The Labute approximate surface area is 198 Å². The zero-order valence-corrected chi connectivity index (χ0v) is 20.2. The van der Waals surface area contributed by atoms with E-state index in [2.05, 4.69) is 20.9 Å². The lowest BCUT2D eigenvalue weighted by atomic mass is 9.74. The van der Waals surface area contributed by atoms with Crippen LogP contribution in [0.5, 0.6) is 0 Å². The molecular formula is C20H27ClIN5OS. The molecule has 6 nitrogen and oxygen atoms in total. The SMILES string of the molecule is I.NC(=NCC1(c2ccccc2Cl)CCOCC1)N1CCN(c2nccs2)CC1. The van der Waals surface area contributed by atoms with E-state index >= 15 is 0 Å². The minimum Gasteiger partial charge on any atom is -0.381 e. The summed E-state index contributed by atoms with van der Waals surface area (Å²) in [6.45, 7) is 5.63. The van der Waals surface area contributed by atoms with Gasteiger partial charge in [-0.25, -0.2) is 4.98 Å². The highest BCUT2D eigenvalue weighted by Gasteiger charge is 2.36. The number of piperazine rings is 1. The molecule has 0 aliphatic carbocycles. The van der Waals surface area contributed by atoms with Crippen LogP contribution >= 0.6 is 46.9 Å². The highest BCUT2D eigenvalue weighted by Crippen LogP contribution is 2.39. The monoisotopic (exact) mass is 547 g/mol. The molecule has 0 spiro atoms. The highest BCUT2D eigenvalue weighted by molar-refractivity contribution is 14.0. The minimum atomic E-state index is -0.107. The molecule has 9 heteroatoms. The molecule has 2 aliphatic heterocycles. The minimum absolute atomic E-state index is 0. The van der Waals surface area contributed by atoms with E-state index in [1.165, 1.54) is 0 Å². The lowest BCUT2D eigenvalue weighted by Crippen LogP contribution is -2.51. The summed E-state index contributed by atoms with van der Waals surface area (Å²) in [6.07, 6.45) is 3.67. The number of benzene rings is 1. The van der Waals surface area contributed by atoms with Gasteiger partial charge in [0.2, 0.25) is 0 Å². The highest BCUT2D eigenvalue weighted by atomic mass is 127. The van der Waals surface area contributed by atoms with Gasteiger partial charge in [-0.1, -0.05) is 29.8 Å². The zero-order valence-electron chi connectivity index (χ0n) is 16.3. The second-order valence-corrected chi connectivity index (χ2v) is 8.62. The third-order valence-corrected chi connectivity index (χ3v) is 6.89. The molecule has 29 heavy (non-hydrogen) atoms. The Morgan fingerprint density at radius 1 is 1.21 bits per heavy atom. The molecular weight excluding hydrogens is 521 g/mol. The van der Waals surface area contributed by atoms with Crippen LogP contribution in [0.25, 0.3) is 0 Å². The first kappa shape index (κ1) is 22.6. The summed E-state index contributed by atoms with van der Waals surface area (Å²) in [7, 11) is 0. The van der Waals surface area contributed by atoms with Gasteiger partial charge in [-0.3, -0.25) is 4.99 Å². The number of halogens is 2. The molecule has 0 saturated carbocycles. The van der Waals surface area contributed by atoms with E-state index in [1.54, 1.807) is 11.3 Å². The van der Waals surface area contributed by atoms with Crippen molar-refractivity contribution in [2.75, 3.05) is 50.8 Å². The lowest BCUT2D eigenvalue weighted by Gasteiger charge is -2.38. The van der Waals surface area contributed by atoms with Crippen LogP contribution in [0.4, 0.5) is 5.13 Å². The molecule has 2 aliphatic rings. The fourth-order valence-corrected chi connectivity index (χ4v) is 5.03. The number of guanidine groups is 1. The number of nitrogens with two attached hydrogens (primary N) is 1. The van der Waals surface area contributed by atoms with Crippen molar-refractivity contribution in [3.8, 4) is 0 Å². The Hall–Kier alpha value is -1.10. The van der Waals surface area contributed by atoms with E-state index < -0.39 is 0 Å². The fourth-order valence-electron chi connectivity index (χ4n) is 4.00. The summed E-state index contributed by atoms with van der Waals surface area (Å²) in [4.78, 5) is 13.7. The molecule has 0 amide bonds. The molecule has 2 N–H and O–H groups in total. The smallest absolute Gasteiger partial charge is 0.191 e. The normalized spacial score (nSPS) is 19.7. The largest absolute Gasteiger partial charge is 0.381 e. The second kappa shape index (κ2) is 10.3. The Morgan fingerprint density at radius 3 is 2.59 bits per heavy atom. The van der Waals surface area contributed by atoms with Crippen LogP contribution < -0.4 is 10.6 Å². The summed E-state index contributed by atoms with van der Waals surface area (Å²) >= 11 is 8.21. The van der Waals surface area contributed by atoms with Crippen molar-refractivity contribution in [1.29, 1.82) is 0 Å². The van der Waals surface area contributed by atoms with Crippen molar-refractivity contribution in [2.24, 2.45) is 10.7 Å². The van der Waals surface area contributed by atoms with Gasteiger partial charge < -0.3 is 20.3 Å². The number of ether oxygens (including phenoxy) is 1. The third kappa shape index (κ3) is 5.15. The maximum atomic E-state index is 6.53. The van der Waals surface area contributed by atoms with Crippen LogP contribution in [-0.2, 0) is 10.2 Å². The number of thiazole rings is 1. The zero-order chi connectivity index (χ0) is 19.4. The maximum Gasteiger partial charge on any atom is 0.191 e. The van der Waals surface area contributed by atoms with E-state index in [0.717, 1.165) is 68.0 Å². The van der Waals surface area contributed by atoms with Crippen LogP contribution in [0, 0.1) is 0 Å². The van der Waals surface area contributed by atoms with Gasteiger partial charge in [0.1, 0.15) is 0 Å². The Bertz CT molecular complexity index is 805. The van der Waals surface area contributed by atoms with Crippen molar-refractivity contribution in [3.63, 3.8) is 0 Å². The summed E-state index contributed by atoms with van der Waals surface area (Å²) in [5, 5.41) is 3.89. The predicted octanol–water partition coefficient (Wildman–Crippen LogP) is 3.60. The molecule has 4 rings (SSSR count). The number of aromatic nitrogens is 1. The molecule has 0 bridgehead atoms. The average molecular weight is 548 g/mol. The van der Waals surface area contributed by atoms with Crippen LogP contribution in [0.1, 0.15) is 18.4 Å². The van der Waals surface area contributed by atoms with Gasteiger partial charge in [-0.15, -0.1) is 35.3 Å².